The molecule has 0 aromatic rings. The van der Waals surface area contributed by atoms with Crippen LogP contribution in [0.4, 0.5) is 9.59 Å². The minimum Gasteiger partial charge on any atom is -0.447 e. The van der Waals surface area contributed by atoms with Crippen molar-refractivity contribution in [2.24, 2.45) is 11.8 Å². The molecule has 0 spiro atoms. The number of rotatable bonds is 2. The Morgan fingerprint density at radius 3 is 1.10 bits per heavy atom. The third-order valence-electron chi connectivity index (χ3n) is 2.02. The Hall–Kier alpha value is -1.87. The van der Waals surface area contributed by atoms with E-state index >= 15 is 0 Å². The lowest BCUT2D eigenvalue weighted by molar-refractivity contribution is -0.208. The Labute approximate surface area is 124 Å². The summed E-state index contributed by atoms with van der Waals surface area (Å²) >= 11 is 0. The molecule has 21 heavy (non-hydrogen) atoms. The minimum absolute atomic E-state index is 0.255. The quantitative estimate of drug-likeness (QED) is 0.442. The first-order valence-corrected chi connectivity index (χ1v) is 6.04. The molecule has 4 N–H and O–H groups in total. The molecule has 0 aromatic carbocycles. The molecule has 0 aromatic heterocycles. The number of Topliss-reactive ketones (excluding diaryl/α,β-unsaturated/α-hetero) is 1. The number of hydrogen-bond acceptors (Lipinski definition) is 7. The van der Waals surface area contributed by atoms with Crippen LogP contribution in [0.15, 0.2) is 0 Å². The van der Waals surface area contributed by atoms with Crippen molar-refractivity contribution < 1.29 is 44.9 Å². The molecule has 0 atom stereocenters. The van der Waals surface area contributed by atoms with Crippen molar-refractivity contribution in [3.63, 3.8) is 0 Å². The van der Waals surface area contributed by atoms with Crippen LogP contribution in [-0.4, -0.2) is 38.8 Å². The first-order chi connectivity index (χ1) is 9.54. The predicted octanol–water partition coefficient (Wildman–Crippen LogP) is 3.59. The van der Waals surface area contributed by atoms with Gasteiger partial charge in [-0.15, -0.1) is 0 Å². The van der Waals surface area contributed by atoms with Gasteiger partial charge in [-0.2, -0.15) is 0 Å². The van der Waals surface area contributed by atoms with Crippen LogP contribution in [0.2, 0.25) is 0 Å². The molecule has 0 amide bonds. The number of carbonyl (C=O) groups excluding carboxylic acids is 1. The van der Waals surface area contributed by atoms with E-state index in [0.29, 0.717) is 6.42 Å². The molecule has 128 valence electrons. The van der Waals surface area contributed by atoms with Gasteiger partial charge < -0.3 is 15.0 Å². The lowest BCUT2D eigenvalue weighted by Crippen LogP contribution is -2.05. The predicted molar refractivity (Wildman–Crippen MR) is 74.1 cm³/mol. The highest BCUT2D eigenvalue weighted by atomic mass is 17.2. The maximum atomic E-state index is 9.81. The fourth-order valence-corrected chi connectivity index (χ4v) is 0.0713. The molecule has 9 nitrogen and oxygen atoms in total. The first-order valence-electron chi connectivity index (χ1n) is 6.04. The normalized spacial score (nSPS) is 8.10. The van der Waals surface area contributed by atoms with E-state index in [2.05, 4.69) is 37.5 Å². The third kappa shape index (κ3) is 56.6. The van der Waals surface area contributed by atoms with Gasteiger partial charge in [-0.1, -0.05) is 34.6 Å². The summed E-state index contributed by atoms with van der Waals surface area (Å²) in [6.45, 7) is 12.4. The first kappa shape index (κ1) is 27.5. The molecular formula is C12H26O9. The van der Waals surface area contributed by atoms with E-state index in [9.17, 15) is 14.4 Å². The second kappa shape index (κ2) is 20.4. The van der Waals surface area contributed by atoms with E-state index in [-0.39, 0.29) is 5.78 Å². The number of ketones is 1. The highest BCUT2D eigenvalue weighted by Gasteiger charge is 2.01. The zero-order valence-electron chi connectivity index (χ0n) is 13.2. The summed E-state index contributed by atoms with van der Waals surface area (Å²) in [5.41, 5.74) is 0. The van der Waals surface area contributed by atoms with E-state index in [1.165, 1.54) is 0 Å². The average molecular weight is 314 g/mol. The molecule has 0 rings (SSSR count). The maximum Gasteiger partial charge on any atom is 0.547 e. The standard InChI is InChI=1S/C6H14.C4H8O.C2H2O6.H2O2/c1-5(2)6(3)4;1-3-4(2)5;3-1(4)7-8-2(5)6;1-2/h5-6H,1-4H3;3H2,1-2H3;(H,3,4)(H,5,6);1-2H. The number of carbonyl (C=O) groups is 3. The van der Waals surface area contributed by atoms with Gasteiger partial charge in [0.2, 0.25) is 0 Å². The Kier molecular flexibility index (Phi) is 26.7. The summed E-state index contributed by atoms with van der Waals surface area (Å²) in [6, 6.07) is 0. The summed E-state index contributed by atoms with van der Waals surface area (Å²) in [5.74, 6) is 1.96. The van der Waals surface area contributed by atoms with Crippen molar-refractivity contribution in [1.82, 2.24) is 0 Å². The second-order valence-electron chi connectivity index (χ2n) is 4.24. The summed E-state index contributed by atoms with van der Waals surface area (Å²) in [5, 5.41) is 27.1. The highest BCUT2D eigenvalue weighted by molar-refractivity contribution is 5.74. The molecule has 0 fully saturated rings. The van der Waals surface area contributed by atoms with Crippen LogP contribution in [-0.2, 0) is 14.6 Å². The molecular weight excluding hydrogens is 288 g/mol. The number of hydrogen-bond donors (Lipinski definition) is 4. The SMILES string of the molecule is CC(C)C(C)C.CCC(C)=O.O=C(O)OOC(=O)O.OO. The highest BCUT2D eigenvalue weighted by Crippen LogP contribution is 2.05. The Morgan fingerprint density at radius 2 is 1.05 bits per heavy atom. The Bertz CT molecular complexity index is 241. The lowest BCUT2D eigenvalue weighted by atomic mass is 10.0. The van der Waals surface area contributed by atoms with E-state index in [4.69, 9.17) is 20.7 Å². The molecule has 0 unspecified atom stereocenters. The zero-order valence-corrected chi connectivity index (χ0v) is 13.2. The van der Waals surface area contributed by atoms with Crippen molar-refractivity contribution in [1.29, 1.82) is 0 Å². The summed E-state index contributed by atoms with van der Waals surface area (Å²) in [4.78, 5) is 34.6. The molecule has 0 saturated heterocycles. The van der Waals surface area contributed by atoms with E-state index in [0.717, 1.165) is 11.8 Å². The molecule has 9 heteroatoms. The monoisotopic (exact) mass is 314 g/mol. The smallest absolute Gasteiger partial charge is 0.447 e. The molecule has 0 aliphatic heterocycles. The third-order valence-corrected chi connectivity index (χ3v) is 2.02. The summed E-state index contributed by atoms with van der Waals surface area (Å²) in [6.07, 6.45) is -2.93. The maximum absolute atomic E-state index is 9.81. The minimum atomic E-state index is -1.80. The van der Waals surface area contributed by atoms with Crippen molar-refractivity contribution in [3.05, 3.63) is 0 Å². The van der Waals surface area contributed by atoms with Crippen LogP contribution in [0.25, 0.3) is 0 Å². The Balaban J connectivity index is -0.0000000998. The van der Waals surface area contributed by atoms with E-state index in [1.807, 2.05) is 6.92 Å². The van der Waals surface area contributed by atoms with Gasteiger partial charge in [0.15, 0.2) is 0 Å². The molecule has 0 saturated carbocycles. The topological polar surface area (TPSA) is 151 Å². The molecule has 0 radical (unpaired) electrons. The molecule has 0 aliphatic rings. The number of carboxylic acid groups (broad SMARTS) is 2. The van der Waals surface area contributed by atoms with Crippen molar-refractivity contribution in [2.75, 3.05) is 0 Å². The van der Waals surface area contributed by atoms with Gasteiger partial charge in [-0.3, -0.25) is 10.5 Å². The fourth-order valence-electron chi connectivity index (χ4n) is 0.0713. The van der Waals surface area contributed by atoms with Gasteiger partial charge in [-0.25, -0.2) is 19.4 Å². The summed E-state index contributed by atoms with van der Waals surface area (Å²) < 4.78 is 0. The summed E-state index contributed by atoms with van der Waals surface area (Å²) in [7, 11) is 0. The van der Waals surface area contributed by atoms with Gasteiger partial charge >= 0.3 is 12.3 Å². The van der Waals surface area contributed by atoms with Crippen molar-refractivity contribution in [2.45, 2.75) is 48.0 Å². The van der Waals surface area contributed by atoms with Crippen LogP contribution in [0.3, 0.4) is 0 Å². The molecule has 0 aliphatic carbocycles. The van der Waals surface area contributed by atoms with Gasteiger partial charge in [0.25, 0.3) is 0 Å². The fraction of sp³-hybridized carbons (Fsp3) is 0.750. The lowest BCUT2D eigenvalue weighted by Gasteiger charge is -2.05. The van der Waals surface area contributed by atoms with Crippen molar-refractivity contribution in [3.8, 4) is 0 Å². The van der Waals surface area contributed by atoms with E-state index < -0.39 is 12.3 Å². The Morgan fingerprint density at radius 1 is 0.857 bits per heavy atom. The van der Waals surface area contributed by atoms with Gasteiger partial charge in [0.1, 0.15) is 5.78 Å². The average Bonchev–Trinajstić information content (AvgIpc) is 2.40. The van der Waals surface area contributed by atoms with Gasteiger partial charge in [-0.05, 0) is 18.8 Å². The zero-order chi connectivity index (χ0) is 18.0. The van der Waals surface area contributed by atoms with Crippen LogP contribution in [0, 0.1) is 11.8 Å². The van der Waals surface area contributed by atoms with Crippen LogP contribution in [0.1, 0.15) is 48.0 Å². The van der Waals surface area contributed by atoms with Crippen LogP contribution in [0.5, 0.6) is 0 Å². The second-order valence-corrected chi connectivity index (χ2v) is 4.24. The van der Waals surface area contributed by atoms with Crippen molar-refractivity contribution >= 4 is 18.1 Å². The van der Waals surface area contributed by atoms with Crippen LogP contribution < -0.4 is 0 Å². The molecule has 0 heterocycles. The van der Waals surface area contributed by atoms with Gasteiger partial charge in [0, 0.05) is 6.42 Å². The van der Waals surface area contributed by atoms with E-state index in [1.54, 1.807) is 6.92 Å². The molecule has 0 bridgehead atoms. The van der Waals surface area contributed by atoms with Crippen LogP contribution >= 0.6 is 0 Å². The van der Waals surface area contributed by atoms with Gasteiger partial charge in [0.05, 0.1) is 0 Å². The largest absolute Gasteiger partial charge is 0.547 e.